The minimum atomic E-state index is -4.31. The Morgan fingerprint density at radius 2 is 1.52 bits per heavy atom. The lowest BCUT2D eigenvalue weighted by Crippen LogP contribution is -2.53. The molecule has 1 atom stereocenters. The zero-order chi connectivity index (χ0) is 33.4. The minimum Gasteiger partial charge on any atom is -0.495 e. The number of carbonyl (C=O) groups is 2. The van der Waals surface area contributed by atoms with Gasteiger partial charge >= 0.3 is 0 Å². The molecule has 0 aromatic heterocycles. The summed E-state index contributed by atoms with van der Waals surface area (Å²) in [6, 6.07) is 23.9. The summed E-state index contributed by atoms with van der Waals surface area (Å²) in [5, 5.41) is 3.57. The highest BCUT2D eigenvalue weighted by atomic mass is 35.5. The van der Waals surface area contributed by atoms with Gasteiger partial charge in [-0.15, -0.1) is 0 Å². The lowest BCUT2D eigenvalue weighted by molar-refractivity contribution is -0.140. The monoisotopic (exact) mass is 701 g/mol. The molecule has 0 saturated heterocycles. The molecule has 0 heterocycles. The van der Waals surface area contributed by atoms with Gasteiger partial charge in [0.2, 0.25) is 11.8 Å². The molecule has 0 radical (unpaired) electrons. The SMILES string of the molecule is CCNC(=O)C(Cc1ccccc1)N(Cc1c(Cl)cccc1Cl)C(=O)CN(c1ccc(OC)c(Cl)c1)S(=O)(=O)c1ccc(C)cc1. The zero-order valence-electron chi connectivity index (χ0n) is 25.5. The molecule has 46 heavy (non-hydrogen) atoms. The zero-order valence-corrected chi connectivity index (χ0v) is 28.6. The molecule has 0 aliphatic heterocycles. The van der Waals surface area contributed by atoms with Gasteiger partial charge in [-0.3, -0.25) is 13.9 Å². The van der Waals surface area contributed by atoms with E-state index >= 15 is 0 Å². The number of benzene rings is 4. The Labute approximate surface area is 284 Å². The van der Waals surface area contributed by atoms with Crippen LogP contribution in [0.4, 0.5) is 5.69 Å². The van der Waals surface area contributed by atoms with Gasteiger partial charge in [-0.2, -0.15) is 0 Å². The Kier molecular flexibility index (Phi) is 12.0. The normalized spacial score (nSPS) is 11.9. The summed E-state index contributed by atoms with van der Waals surface area (Å²) in [4.78, 5) is 29.5. The summed E-state index contributed by atoms with van der Waals surface area (Å²) in [5.41, 5.74) is 2.21. The maximum Gasteiger partial charge on any atom is 0.264 e. The quantitative estimate of drug-likeness (QED) is 0.163. The molecular formula is C34H34Cl3N3O5S. The molecule has 2 amide bonds. The van der Waals surface area contributed by atoms with Crippen LogP contribution in [0.5, 0.6) is 5.75 Å². The Bertz CT molecular complexity index is 1770. The van der Waals surface area contributed by atoms with E-state index < -0.39 is 34.4 Å². The van der Waals surface area contributed by atoms with Crippen molar-refractivity contribution in [2.24, 2.45) is 0 Å². The van der Waals surface area contributed by atoms with Crippen LogP contribution in [0.1, 0.15) is 23.6 Å². The predicted molar refractivity (Wildman–Crippen MR) is 183 cm³/mol. The first-order valence-electron chi connectivity index (χ1n) is 14.4. The molecule has 242 valence electrons. The second-order valence-electron chi connectivity index (χ2n) is 10.5. The maximum absolute atomic E-state index is 14.5. The van der Waals surface area contributed by atoms with Gasteiger partial charge in [0.25, 0.3) is 10.0 Å². The number of hydrogen-bond acceptors (Lipinski definition) is 5. The Balaban J connectivity index is 1.85. The number of aryl methyl sites for hydroxylation is 1. The van der Waals surface area contributed by atoms with Crippen LogP contribution >= 0.6 is 34.8 Å². The molecule has 1 unspecified atom stereocenters. The van der Waals surface area contributed by atoms with Gasteiger partial charge in [0.05, 0.1) is 22.7 Å². The van der Waals surface area contributed by atoms with Crippen molar-refractivity contribution in [1.82, 2.24) is 10.2 Å². The molecule has 8 nitrogen and oxygen atoms in total. The van der Waals surface area contributed by atoms with Crippen molar-refractivity contribution in [2.75, 3.05) is 24.5 Å². The Morgan fingerprint density at radius 1 is 0.870 bits per heavy atom. The third-order valence-corrected chi connectivity index (χ3v) is 10.1. The van der Waals surface area contributed by atoms with Gasteiger partial charge in [-0.05, 0) is 61.9 Å². The molecule has 0 saturated carbocycles. The molecule has 4 aromatic carbocycles. The van der Waals surface area contributed by atoms with Crippen LogP contribution < -0.4 is 14.4 Å². The van der Waals surface area contributed by atoms with Crippen LogP contribution in [0, 0.1) is 6.92 Å². The van der Waals surface area contributed by atoms with E-state index in [4.69, 9.17) is 39.5 Å². The molecule has 0 aliphatic rings. The molecule has 0 fully saturated rings. The molecule has 12 heteroatoms. The standard InChI is InChI=1S/C34H34Cl3N3O5S/c1-4-38-34(42)31(19-24-9-6-5-7-10-24)39(21-27-28(35)11-8-12-29(27)36)33(41)22-40(25-15-18-32(45-3)30(37)20-25)46(43,44)26-16-13-23(2)14-17-26/h5-18,20,31H,4,19,21-22H2,1-3H3,(H,38,42). The largest absolute Gasteiger partial charge is 0.495 e. The van der Waals surface area contributed by atoms with Crippen molar-refractivity contribution in [3.05, 3.63) is 123 Å². The first-order chi connectivity index (χ1) is 22.0. The average Bonchev–Trinajstić information content (AvgIpc) is 3.03. The first kappa shape index (κ1) is 35.1. The van der Waals surface area contributed by atoms with Gasteiger partial charge in [-0.1, -0.05) is 88.9 Å². The van der Waals surface area contributed by atoms with Crippen molar-refractivity contribution in [3.8, 4) is 5.75 Å². The van der Waals surface area contributed by atoms with Crippen molar-refractivity contribution in [1.29, 1.82) is 0 Å². The van der Waals surface area contributed by atoms with Crippen LogP contribution in [0.25, 0.3) is 0 Å². The van der Waals surface area contributed by atoms with Crippen molar-refractivity contribution >= 4 is 62.3 Å². The summed E-state index contributed by atoms with van der Waals surface area (Å²) in [5.74, 6) is -0.743. The maximum atomic E-state index is 14.5. The lowest BCUT2D eigenvalue weighted by Gasteiger charge is -2.34. The number of nitrogens with zero attached hydrogens (tertiary/aromatic N) is 2. The number of anilines is 1. The van der Waals surface area contributed by atoms with Crippen molar-refractivity contribution in [3.63, 3.8) is 0 Å². The molecule has 1 N–H and O–H groups in total. The van der Waals surface area contributed by atoms with Crippen LogP contribution in [-0.2, 0) is 32.6 Å². The molecule has 0 bridgehead atoms. The predicted octanol–water partition coefficient (Wildman–Crippen LogP) is 6.94. The molecule has 4 aromatic rings. The van der Waals surface area contributed by atoms with Gasteiger partial charge in [0, 0.05) is 35.1 Å². The third-order valence-electron chi connectivity index (χ3n) is 7.32. The van der Waals surface area contributed by atoms with E-state index in [9.17, 15) is 18.0 Å². The van der Waals surface area contributed by atoms with E-state index in [1.54, 1.807) is 37.3 Å². The van der Waals surface area contributed by atoms with Gasteiger partial charge in [0.1, 0.15) is 18.3 Å². The van der Waals surface area contributed by atoms with Gasteiger partial charge in [0.15, 0.2) is 0 Å². The number of nitrogens with one attached hydrogen (secondary N) is 1. The third kappa shape index (κ3) is 8.33. The smallest absolute Gasteiger partial charge is 0.264 e. The molecule has 0 spiro atoms. The van der Waals surface area contributed by atoms with E-state index in [1.165, 1.54) is 42.3 Å². The number of carbonyl (C=O) groups excluding carboxylic acids is 2. The van der Waals surface area contributed by atoms with Crippen molar-refractivity contribution in [2.45, 2.75) is 37.8 Å². The second-order valence-corrected chi connectivity index (χ2v) is 13.5. The van der Waals surface area contributed by atoms with E-state index in [0.717, 1.165) is 15.4 Å². The highest BCUT2D eigenvalue weighted by Gasteiger charge is 2.35. The van der Waals surface area contributed by atoms with E-state index in [1.807, 2.05) is 37.3 Å². The fraction of sp³-hybridized carbons (Fsp3) is 0.235. The fourth-order valence-corrected chi connectivity index (χ4v) is 7.05. The number of amides is 2. The lowest BCUT2D eigenvalue weighted by atomic mass is 10.0. The summed E-state index contributed by atoms with van der Waals surface area (Å²) in [6.07, 6.45) is 0.152. The second kappa shape index (κ2) is 15.7. The fourth-order valence-electron chi connectivity index (χ4n) is 4.88. The molecule has 0 aliphatic carbocycles. The topological polar surface area (TPSA) is 96.0 Å². The van der Waals surface area contributed by atoms with Crippen LogP contribution in [0.2, 0.25) is 15.1 Å². The number of likely N-dealkylation sites (N-methyl/N-ethyl adjacent to an activating group) is 1. The number of rotatable bonds is 13. The number of sulfonamides is 1. The number of methoxy groups -OCH3 is 1. The highest BCUT2D eigenvalue weighted by Crippen LogP contribution is 2.33. The van der Waals surface area contributed by atoms with E-state index in [0.29, 0.717) is 27.9 Å². The molecular weight excluding hydrogens is 669 g/mol. The molecule has 4 rings (SSSR count). The Morgan fingerprint density at radius 3 is 2.11 bits per heavy atom. The number of ether oxygens (including phenoxy) is 1. The summed E-state index contributed by atoms with van der Waals surface area (Å²) < 4.78 is 34.6. The Hall–Kier alpha value is -3.76. The van der Waals surface area contributed by atoms with Gasteiger partial charge < -0.3 is 15.0 Å². The van der Waals surface area contributed by atoms with Gasteiger partial charge in [-0.25, -0.2) is 8.42 Å². The van der Waals surface area contributed by atoms with Crippen LogP contribution in [0.15, 0.2) is 95.9 Å². The summed E-state index contributed by atoms with van der Waals surface area (Å²) in [7, 11) is -2.86. The number of hydrogen-bond donors (Lipinski definition) is 1. The van der Waals surface area contributed by atoms with Crippen LogP contribution in [0.3, 0.4) is 0 Å². The van der Waals surface area contributed by atoms with Crippen molar-refractivity contribution < 1.29 is 22.7 Å². The van der Waals surface area contributed by atoms with E-state index in [-0.39, 0.29) is 28.6 Å². The number of halogens is 3. The van der Waals surface area contributed by atoms with E-state index in [2.05, 4.69) is 5.32 Å². The van der Waals surface area contributed by atoms with Crippen LogP contribution in [-0.4, -0.2) is 51.4 Å². The first-order valence-corrected chi connectivity index (χ1v) is 17.0. The average molecular weight is 703 g/mol. The minimum absolute atomic E-state index is 0.0249. The highest BCUT2D eigenvalue weighted by molar-refractivity contribution is 7.92. The summed E-state index contributed by atoms with van der Waals surface area (Å²) in [6.45, 7) is 3.11. The summed E-state index contributed by atoms with van der Waals surface area (Å²) >= 11 is 19.5.